The van der Waals surface area contributed by atoms with Gasteiger partial charge in [-0.25, -0.2) is 4.39 Å². The Morgan fingerprint density at radius 1 is 1.08 bits per heavy atom. The second-order valence-corrected chi connectivity index (χ2v) is 13.0. The third kappa shape index (κ3) is 2.89. The highest BCUT2D eigenvalue weighted by Gasteiger charge is 2.66. The van der Waals surface area contributed by atoms with Crippen LogP contribution in [0, 0.1) is 11.3 Å². The Hall–Kier alpha value is -2.04. The van der Waals surface area contributed by atoms with Crippen molar-refractivity contribution >= 4 is 10.8 Å². The molecule has 4 fully saturated rings. The van der Waals surface area contributed by atoms with Gasteiger partial charge in [-0.15, -0.1) is 0 Å². The lowest BCUT2D eigenvalue weighted by molar-refractivity contribution is -0.140. The molecule has 3 aliphatic carbocycles. The number of halogens is 1. The maximum atomic E-state index is 14.0. The highest BCUT2D eigenvalue weighted by atomic mass is 19.1. The molecule has 2 spiro atoms. The van der Waals surface area contributed by atoms with E-state index in [0.717, 1.165) is 45.1 Å². The van der Waals surface area contributed by atoms with Crippen molar-refractivity contribution < 1.29 is 9.13 Å². The van der Waals surface area contributed by atoms with E-state index < -0.39 is 6.17 Å². The first kappa shape index (κ1) is 22.0. The highest BCUT2D eigenvalue weighted by molar-refractivity contribution is 5.82. The first-order valence-electron chi connectivity index (χ1n) is 14.3. The minimum atomic E-state index is -0.642. The Kier molecular flexibility index (Phi) is 4.59. The molecule has 4 heteroatoms. The molecule has 0 N–H and O–H groups in total. The lowest BCUT2D eigenvalue weighted by Gasteiger charge is -2.55. The monoisotopic (exact) mass is 484 g/mol. The van der Waals surface area contributed by atoms with Crippen molar-refractivity contribution in [1.29, 1.82) is 0 Å². The van der Waals surface area contributed by atoms with Crippen LogP contribution in [0.4, 0.5) is 4.39 Å². The Morgan fingerprint density at radius 3 is 2.92 bits per heavy atom. The van der Waals surface area contributed by atoms with Crippen LogP contribution in [-0.2, 0) is 4.74 Å². The van der Waals surface area contributed by atoms with Crippen molar-refractivity contribution in [3.8, 4) is 0 Å². The minimum Gasteiger partial charge on any atom is -0.359 e. The third-order valence-electron chi connectivity index (χ3n) is 11.4. The van der Waals surface area contributed by atoms with E-state index >= 15 is 0 Å². The van der Waals surface area contributed by atoms with Gasteiger partial charge in [0.1, 0.15) is 6.17 Å². The number of hydrogen-bond donors (Lipinski definition) is 0. The summed E-state index contributed by atoms with van der Waals surface area (Å²) < 4.78 is 21.5. The van der Waals surface area contributed by atoms with Crippen molar-refractivity contribution in [2.45, 2.75) is 94.0 Å². The standard InChI is InChI=1S/C32H37FN2O/c1-30-11-8-25-17-24-4-5-27(35-15-10-26(33)20-35)18-31(24)12-13-32(25,36-31)29(30)7-6-28(30)22-3-2-21-9-14-34-19-23(21)16-22/h2-3,8-9,14,16-17,19,26-29H,4-7,10-13,15,18,20H2,1H3. The van der Waals surface area contributed by atoms with Crippen molar-refractivity contribution in [3.63, 3.8) is 0 Å². The quantitative estimate of drug-likeness (QED) is 0.464. The molecule has 188 valence electrons. The number of nitrogens with zero attached hydrogens (tertiary/aromatic N) is 2. The van der Waals surface area contributed by atoms with Gasteiger partial charge in [0.15, 0.2) is 0 Å². The second kappa shape index (κ2) is 7.51. The van der Waals surface area contributed by atoms with Crippen molar-refractivity contribution in [2.24, 2.45) is 11.3 Å². The van der Waals surface area contributed by atoms with Gasteiger partial charge in [0.25, 0.3) is 0 Å². The van der Waals surface area contributed by atoms with Gasteiger partial charge in [-0.1, -0.05) is 31.2 Å². The minimum absolute atomic E-state index is 0.111. The van der Waals surface area contributed by atoms with Crippen LogP contribution < -0.4 is 0 Å². The molecule has 0 amide bonds. The van der Waals surface area contributed by atoms with Crippen molar-refractivity contribution in [3.05, 3.63) is 65.5 Å². The maximum absolute atomic E-state index is 14.0. The van der Waals surface area contributed by atoms with E-state index in [4.69, 9.17) is 4.74 Å². The Balaban J connectivity index is 1.14. The molecule has 8 rings (SSSR count). The van der Waals surface area contributed by atoms with Gasteiger partial charge in [0.2, 0.25) is 0 Å². The number of fused-ring (bicyclic) bond motifs is 2. The van der Waals surface area contributed by atoms with Gasteiger partial charge >= 0.3 is 0 Å². The summed E-state index contributed by atoms with van der Waals surface area (Å²) in [5.74, 6) is 1.11. The number of pyridine rings is 1. The molecule has 4 heterocycles. The molecule has 6 aliphatic rings. The lowest BCUT2D eigenvalue weighted by Crippen LogP contribution is -2.55. The number of ether oxygens (including phenoxy) is 1. The van der Waals surface area contributed by atoms with Crippen LogP contribution in [0.3, 0.4) is 0 Å². The topological polar surface area (TPSA) is 25.4 Å². The number of benzene rings is 1. The molecule has 3 aliphatic heterocycles. The smallest absolute Gasteiger partial charge is 0.114 e. The average Bonchev–Trinajstić information content (AvgIpc) is 3.57. The van der Waals surface area contributed by atoms with Crippen molar-refractivity contribution in [1.82, 2.24) is 9.88 Å². The third-order valence-corrected chi connectivity index (χ3v) is 11.4. The zero-order chi connectivity index (χ0) is 24.1. The molecule has 2 saturated heterocycles. The molecule has 1 aromatic heterocycles. The van der Waals surface area contributed by atoms with Gasteiger partial charge in [-0.05, 0) is 109 Å². The molecular weight excluding hydrogens is 447 g/mol. The summed E-state index contributed by atoms with van der Waals surface area (Å²) in [7, 11) is 0. The molecular formula is C32H37FN2O. The van der Waals surface area contributed by atoms with Crippen LogP contribution in [0.1, 0.15) is 76.2 Å². The summed E-state index contributed by atoms with van der Waals surface area (Å²) in [5, 5.41) is 2.52. The average molecular weight is 485 g/mol. The Labute approximate surface area is 213 Å². The van der Waals surface area contributed by atoms with Crippen LogP contribution in [0.5, 0.6) is 0 Å². The molecule has 36 heavy (non-hydrogen) atoms. The van der Waals surface area contributed by atoms with E-state index in [2.05, 4.69) is 53.2 Å². The number of rotatable bonds is 2. The summed E-state index contributed by atoms with van der Waals surface area (Å²) in [4.78, 5) is 6.81. The van der Waals surface area contributed by atoms with Crippen LogP contribution in [0.2, 0.25) is 0 Å². The second-order valence-electron chi connectivity index (χ2n) is 13.0. The van der Waals surface area contributed by atoms with Crippen LogP contribution in [0.25, 0.3) is 10.8 Å². The van der Waals surface area contributed by atoms with Crippen LogP contribution in [-0.4, -0.2) is 46.4 Å². The predicted molar refractivity (Wildman–Crippen MR) is 141 cm³/mol. The molecule has 3 nitrogen and oxygen atoms in total. The normalized spacial score (nSPS) is 43.6. The van der Waals surface area contributed by atoms with E-state index in [0.29, 0.717) is 30.8 Å². The number of likely N-dealkylation sites (tertiary alicyclic amines) is 1. The predicted octanol–water partition coefficient (Wildman–Crippen LogP) is 6.89. The Morgan fingerprint density at radius 2 is 2.03 bits per heavy atom. The zero-order valence-corrected chi connectivity index (χ0v) is 21.4. The first-order chi connectivity index (χ1) is 17.5. The van der Waals surface area contributed by atoms with Gasteiger partial charge in [0.05, 0.1) is 11.2 Å². The first-order valence-corrected chi connectivity index (χ1v) is 14.3. The SMILES string of the molecule is CC12CC=C3C=C4CCC(N5CCC(F)C5)CC45CCC3(O5)C1CCC2c1ccc2ccncc2c1. The van der Waals surface area contributed by atoms with Gasteiger partial charge < -0.3 is 4.74 Å². The molecule has 0 radical (unpaired) electrons. The van der Waals surface area contributed by atoms with E-state index in [1.54, 1.807) is 0 Å². The summed E-state index contributed by atoms with van der Waals surface area (Å²) in [6.45, 7) is 4.09. The molecule has 7 unspecified atom stereocenters. The fraction of sp³-hybridized carbons (Fsp3) is 0.594. The number of aromatic nitrogens is 1. The lowest BCUT2D eigenvalue weighted by atomic mass is 9.58. The zero-order valence-electron chi connectivity index (χ0n) is 21.4. The molecule has 7 atom stereocenters. The molecule has 2 bridgehead atoms. The molecule has 2 aromatic rings. The maximum Gasteiger partial charge on any atom is 0.114 e. The molecule has 2 saturated carbocycles. The largest absolute Gasteiger partial charge is 0.359 e. The Bertz CT molecular complexity index is 1300. The van der Waals surface area contributed by atoms with Crippen LogP contribution >= 0.6 is 0 Å². The van der Waals surface area contributed by atoms with E-state index in [-0.39, 0.29) is 16.6 Å². The summed E-state index contributed by atoms with van der Waals surface area (Å²) in [5.41, 5.74) is 4.47. The van der Waals surface area contributed by atoms with Gasteiger partial charge in [-0.3, -0.25) is 9.88 Å². The fourth-order valence-corrected chi connectivity index (χ4v) is 9.64. The number of alkyl halides is 1. The van der Waals surface area contributed by atoms with Crippen LogP contribution in [0.15, 0.2) is 60.0 Å². The fourth-order valence-electron chi connectivity index (χ4n) is 9.64. The van der Waals surface area contributed by atoms with E-state index in [9.17, 15) is 4.39 Å². The van der Waals surface area contributed by atoms with E-state index in [1.165, 1.54) is 40.3 Å². The summed E-state index contributed by atoms with van der Waals surface area (Å²) >= 11 is 0. The molecule has 1 aromatic carbocycles. The van der Waals surface area contributed by atoms with E-state index in [1.807, 2.05) is 12.4 Å². The summed E-state index contributed by atoms with van der Waals surface area (Å²) in [6.07, 6.45) is 18.3. The van der Waals surface area contributed by atoms with Crippen molar-refractivity contribution in [2.75, 3.05) is 13.1 Å². The number of hydrogen-bond acceptors (Lipinski definition) is 3. The van der Waals surface area contributed by atoms with Gasteiger partial charge in [-0.2, -0.15) is 0 Å². The highest BCUT2D eigenvalue weighted by Crippen LogP contribution is 2.69. The number of allylic oxidation sites excluding steroid dienone is 1. The summed E-state index contributed by atoms with van der Waals surface area (Å²) in [6, 6.07) is 9.63. The van der Waals surface area contributed by atoms with Gasteiger partial charge in [0, 0.05) is 36.9 Å².